The Morgan fingerprint density at radius 1 is 1.20 bits per heavy atom. The number of aliphatic hydroxyl groups excluding tert-OH is 1. The molecular formula is C25H30N6O4. The standard InChI is InChI=1S/C25H30N6O4/c1-34-22-20(35-16-18(32)15-30-11-3-2-4-12-30)8-7-19-21(22)28-25(31-13-10-27-23(19)31)29-24(33)17-6-5-9-26-14-17/h5-9,14,18,32H,2-4,10-13,15-16H2,1H3,(H,28,29,33)/t18-/m0/s1. The van der Waals surface area contributed by atoms with Gasteiger partial charge in [-0.2, -0.15) is 0 Å². The number of guanidine groups is 1. The minimum atomic E-state index is -0.610. The van der Waals surface area contributed by atoms with Crippen LogP contribution in [0.25, 0.3) is 0 Å². The highest BCUT2D eigenvalue weighted by Gasteiger charge is 2.33. The molecule has 1 fully saturated rings. The molecule has 3 aliphatic heterocycles. The molecule has 5 rings (SSSR count). The fourth-order valence-electron chi connectivity index (χ4n) is 4.65. The smallest absolute Gasteiger partial charge is 0.259 e. The molecule has 0 radical (unpaired) electrons. The number of amides is 1. The number of benzene rings is 1. The number of carbonyl (C=O) groups is 1. The number of ether oxygens (including phenoxy) is 2. The number of nitrogens with zero attached hydrogens (tertiary/aromatic N) is 5. The number of rotatable bonds is 7. The number of β-amino-alcohol motifs (C(OH)–C–C–N with tert-alkyl or cyclic N) is 1. The third-order valence-corrected chi connectivity index (χ3v) is 6.35. The van der Waals surface area contributed by atoms with E-state index in [9.17, 15) is 9.90 Å². The van der Waals surface area contributed by atoms with Crippen molar-refractivity contribution in [1.82, 2.24) is 20.1 Å². The Morgan fingerprint density at radius 3 is 2.83 bits per heavy atom. The molecule has 0 bridgehead atoms. The van der Waals surface area contributed by atoms with Gasteiger partial charge in [0.25, 0.3) is 5.91 Å². The summed E-state index contributed by atoms with van der Waals surface area (Å²) >= 11 is 0. The molecule has 1 saturated heterocycles. The van der Waals surface area contributed by atoms with Gasteiger partial charge >= 0.3 is 0 Å². The van der Waals surface area contributed by atoms with Gasteiger partial charge in [0.1, 0.15) is 24.2 Å². The predicted octanol–water partition coefficient (Wildman–Crippen LogP) is 1.81. The van der Waals surface area contributed by atoms with E-state index in [1.807, 2.05) is 17.0 Å². The number of pyridine rings is 1. The zero-order chi connectivity index (χ0) is 24.2. The number of hydrogen-bond acceptors (Lipinski definition) is 9. The van der Waals surface area contributed by atoms with E-state index in [2.05, 4.69) is 20.2 Å². The normalized spacial score (nSPS) is 18.2. The van der Waals surface area contributed by atoms with Crippen LogP contribution in [0.2, 0.25) is 0 Å². The van der Waals surface area contributed by atoms with Crippen LogP contribution in [0.3, 0.4) is 0 Å². The summed E-state index contributed by atoms with van der Waals surface area (Å²) in [6, 6.07) is 7.12. The maximum absolute atomic E-state index is 12.8. The van der Waals surface area contributed by atoms with Crippen LogP contribution in [-0.2, 0) is 0 Å². The second-order valence-corrected chi connectivity index (χ2v) is 8.81. The number of aromatic nitrogens is 1. The van der Waals surface area contributed by atoms with Gasteiger partial charge in [-0.25, -0.2) is 4.99 Å². The molecule has 1 amide bonds. The highest BCUT2D eigenvalue weighted by molar-refractivity contribution is 6.20. The monoisotopic (exact) mass is 478 g/mol. The third-order valence-electron chi connectivity index (χ3n) is 6.35. The van der Waals surface area contributed by atoms with Crippen LogP contribution in [0.15, 0.2) is 46.6 Å². The lowest BCUT2D eigenvalue weighted by atomic mass is 10.1. The molecule has 1 atom stereocenters. The SMILES string of the molecule is COc1c(OC[C@@H](O)CN2CCCCC2)ccc2c1N=C(NC(=O)c1cccnc1)N1CCN=C21. The van der Waals surface area contributed by atoms with Crippen molar-refractivity contribution < 1.29 is 19.4 Å². The van der Waals surface area contributed by atoms with Crippen LogP contribution in [-0.4, -0.2) is 90.1 Å². The van der Waals surface area contributed by atoms with Crippen molar-refractivity contribution in [3.05, 3.63) is 47.8 Å². The van der Waals surface area contributed by atoms with Crippen molar-refractivity contribution >= 4 is 23.4 Å². The fourth-order valence-corrected chi connectivity index (χ4v) is 4.65. The van der Waals surface area contributed by atoms with Gasteiger partial charge in [-0.15, -0.1) is 0 Å². The van der Waals surface area contributed by atoms with Crippen LogP contribution in [0.4, 0.5) is 5.69 Å². The molecule has 184 valence electrons. The van der Waals surface area contributed by atoms with Crippen LogP contribution >= 0.6 is 0 Å². The number of carbonyl (C=O) groups excluding carboxylic acids is 1. The molecule has 4 heterocycles. The average molecular weight is 479 g/mol. The van der Waals surface area contributed by atoms with Gasteiger partial charge in [0, 0.05) is 31.0 Å². The number of nitrogens with one attached hydrogen (secondary N) is 1. The number of piperidine rings is 1. The molecule has 1 aromatic heterocycles. The summed E-state index contributed by atoms with van der Waals surface area (Å²) in [5.41, 5.74) is 1.78. The molecule has 0 aliphatic carbocycles. The summed E-state index contributed by atoms with van der Waals surface area (Å²) in [4.78, 5) is 30.3. The summed E-state index contributed by atoms with van der Waals surface area (Å²) in [5, 5.41) is 13.4. The van der Waals surface area contributed by atoms with Gasteiger partial charge in [0.2, 0.25) is 5.96 Å². The van der Waals surface area contributed by atoms with Crippen molar-refractivity contribution in [3.63, 3.8) is 0 Å². The van der Waals surface area contributed by atoms with Gasteiger partial charge in [-0.1, -0.05) is 6.42 Å². The Labute approximate surface area is 204 Å². The predicted molar refractivity (Wildman–Crippen MR) is 132 cm³/mol. The van der Waals surface area contributed by atoms with Gasteiger partial charge in [0.15, 0.2) is 11.5 Å². The Kier molecular flexibility index (Phi) is 6.91. The molecule has 10 heteroatoms. The maximum Gasteiger partial charge on any atom is 0.259 e. The van der Waals surface area contributed by atoms with E-state index < -0.39 is 6.10 Å². The van der Waals surface area contributed by atoms with E-state index in [4.69, 9.17) is 14.5 Å². The van der Waals surface area contributed by atoms with E-state index in [0.717, 1.165) is 24.5 Å². The van der Waals surface area contributed by atoms with Crippen molar-refractivity contribution in [2.45, 2.75) is 25.4 Å². The van der Waals surface area contributed by atoms with Crippen molar-refractivity contribution in [2.24, 2.45) is 9.98 Å². The molecule has 2 N–H and O–H groups in total. The highest BCUT2D eigenvalue weighted by Crippen LogP contribution is 2.43. The molecule has 0 saturated carbocycles. The Hall–Kier alpha value is -3.50. The van der Waals surface area contributed by atoms with Crippen molar-refractivity contribution in [2.75, 3.05) is 46.4 Å². The van der Waals surface area contributed by atoms with E-state index in [0.29, 0.717) is 48.3 Å². The first-order valence-corrected chi connectivity index (χ1v) is 12.0. The van der Waals surface area contributed by atoms with Gasteiger partial charge < -0.3 is 19.5 Å². The van der Waals surface area contributed by atoms with Crippen LogP contribution in [0.5, 0.6) is 11.5 Å². The molecule has 0 spiro atoms. The second kappa shape index (κ2) is 10.4. The lowest BCUT2D eigenvalue weighted by Gasteiger charge is -2.29. The fraction of sp³-hybridized carbons (Fsp3) is 0.440. The van der Waals surface area contributed by atoms with Crippen molar-refractivity contribution in [3.8, 4) is 11.5 Å². The van der Waals surface area contributed by atoms with E-state index in [1.165, 1.54) is 25.5 Å². The summed E-state index contributed by atoms with van der Waals surface area (Å²) in [5.74, 6) is 1.72. The Morgan fingerprint density at radius 2 is 2.06 bits per heavy atom. The van der Waals surface area contributed by atoms with Gasteiger partial charge in [-0.05, 0) is 50.2 Å². The van der Waals surface area contributed by atoms with Gasteiger partial charge in [-0.3, -0.25) is 25.0 Å². The zero-order valence-corrected chi connectivity index (χ0v) is 19.8. The summed E-state index contributed by atoms with van der Waals surface area (Å²) in [7, 11) is 1.55. The Balaban J connectivity index is 1.37. The minimum absolute atomic E-state index is 0.146. The van der Waals surface area contributed by atoms with Crippen LogP contribution in [0, 0.1) is 0 Å². The number of aliphatic imine (C=N–C) groups is 2. The molecule has 10 nitrogen and oxygen atoms in total. The molecule has 1 aromatic carbocycles. The van der Waals surface area contributed by atoms with Crippen LogP contribution < -0.4 is 14.8 Å². The second-order valence-electron chi connectivity index (χ2n) is 8.81. The first-order valence-electron chi connectivity index (χ1n) is 12.0. The lowest BCUT2D eigenvalue weighted by molar-refractivity contribution is 0.0608. The molecule has 2 aromatic rings. The quantitative estimate of drug-likeness (QED) is 0.624. The number of amidine groups is 1. The van der Waals surface area contributed by atoms with Gasteiger partial charge in [0.05, 0.1) is 19.2 Å². The Bertz CT molecular complexity index is 1130. The largest absolute Gasteiger partial charge is 0.491 e. The first kappa shape index (κ1) is 23.3. The molecule has 0 unspecified atom stereocenters. The molecule has 35 heavy (non-hydrogen) atoms. The maximum atomic E-state index is 12.8. The van der Waals surface area contributed by atoms with Crippen molar-refractivity contribution in [1.29, 1.82) is 0 Å². The van der Waals surface area contributed by atoms with E-state index >= 15 is 0 Å². The third kappa shape index (κ3) is 4.98. The summed E-state index contributed by atoms with van der Waals surface area (Å²) in [6.07, 6.45) is 6.11. The number of fused-ring (bicyclic) bond motifs is 3. The summed E-state index contributed by atoms with van der Waals surface area (Å²) in [6.45, 7) is 3.97. The molecular weight excluding hydrogens is 448 g/mol. The zero-order valence-electron chi connectivity index (χ0n) is 19.8. The highest BCUT2D eigenvalue weighted by atomic mass is 16.5. The number of hydrogen-bond donors (Lipinski definition) is 2. The summed E-state index contributed by atoms with van der Waals surface area (Å²) < 4.78 is 11.7. The lowest BCUT2D eigenvalue weighted by Crippen LogP contribution is -2.47. The van der Waals surface area contributed by atoms with E-state index in [-0.39, 0.29) is 12.5 Å². The molecule has 3 aliphatic rings. The number of likely N-dealkylation sites (tertiary alicyclic amines) is 1. The van der Waals surface area contributed by atoms with Crippen LogP contribution in [0.1, 0.15) is 35.2 Å². The average Bonchev–Trinajstić information content (AvgIpc) is 3.39. The number of aliphatic hydroxyl groups is 1. The minimum Gasteiger partial charge on any atom is -0.491 e. The van der Waals surface area contributed by atoms with E-state index in [1.54, 1.807) is 25.4 Å². The number of methoxy groups -OCH3 is 1. The first-order chi connectivity index (χ1) is 17.1. The topological polar surface area (TPSA) is 112 Å².